The van der Waals surface area contributed by atoms with Gasteiger partial charge in [0.2, 0.25) is 0 Å². The summed E-state index contributed by atoms with van der Waals surface area (Å²) in [6.07, 6.45) is 1.11. The number of hydrogen-bond donors (Lipinski definition) is 0. The summed E-state index contributed by atoms with van der Waals surface area (Å²) < 4.78 is 20.9. The van der Waals surface area contributed by atoms with Gasteiger partial charge in [-0.3, -0.25) is 8.92 Å². The van der Waals surface area contributed by atoms with E-state index in [0.29, 0.717) is 0 Å². The van der Waals surface area contributed by atoms with Crippen LogP contribution in [0.25, 0.3) is 0 Å². The number of carbonyl (C=O) groups is 1. The van der Waals surface area contributed by atoms with Crippen LogP contribution in [0.1, 0.15) is 0 Å². The number of esters is 1. The lowest BCUT2D eigenvalue weighted by Crippen LogP contribution is -1.91. The standard InChI is InChI=1S/C4H6O2.O2Si/c1-3-4(5)6-2;1-3-2/h3H,1H2,2H3;. The van der Waals surface area contributed by atoms with Gasteiger partial charge in [-0.15, -0.1) is 0 Å². The summed E-state index contributed by atoms with van der Waals surface area (Å²) in [5, 5.41) is 0. The average Bonchev–Trinajstić information content (AvgIpc) is 1.88. The first-order valence-electron chi connectivity index (χ1n) is 1.92. The zero-order valence-electron chi connectivity index (χ0n) is 4.92. The number of hydrogen-bond acceptors (Lipinski definition) is 4. The van der Waals surface area contributed by atoms with E-state index in [-0.39, 0.29) is 0 Å². The van der Waals surface area contributed by atoms with Crippen LogP contribution in [-0.2, 0) is 18.5 Å². The first-order chi connectivity index (χ1) is 4.22. The number of rotatable bonds is 1. The maximum Gasteiger partial charge on any atom is 0.549 e. The summed E-state index contributed by atoms with van der Waals surface area (Å²) in [7, 11) is -0.107. The lowest BCUT2D eigenvalue weighted by Gasteiger charge is -1.83. The Kier molecular flexibility index (Phi) is 12.2. The molecule has 0 atom stereocenters. The molecule has 0 amide bonds. The molecule has 0 radical (unpaired) electrons. The molecule has 0 heterocycles. The summed E-state index contributed by atoms with van der Waals surface area (Å²) in [4.78, 5) is 9.84. The Balaban J connectivity index is 0. The van der Waals surface area contributed by atoms with Crippen LogP contribution in [0.15, 0.2) is 12.7 Å². The van der Waals surface area contributed by atoms with Gasteiger partial charge >= 0.3 is 15.3 Å². The smallest absolute Gasteiger partial charge is 0.466 e. The largest absolute Gasteiger partial charge is 0.549 e. The third-order valence-corrected chi connectivity index (χ3v) is 0.368. The van der Waals surface area contributed by atoms with E-state index in [9.17, 15) is 4.79 Å². The Bertz CT molecular complexity index is 125. The Labute approximate surface area is 54.5 Å². The van der Waals surface area contributed by atoms with Gasteiger partial charge in [0.25, 0.3) is 0 Å². The normalized spacial score (nSPS) is 5.44. The van der Waals surface area contributed by atoms with Crippen LogP contribution in [0.4, 0.5) is 0 Å². The van der Waals surface area contributed by atoms with Crippen LogP contribution in [0.5, 0.6) is 0 Å². The van der Waals surface area contributed by atoms with Gasteiger partial charge in [-0.25, -0.2) is 4.79 Å². The molecule has 9 heavy (non-hydrogen) atoms. The molecule has 0 aliphatic heterocycles. The molecule has 0 saturated carbocycles. The molecule has 0 aromatic carbocycles. The van der Waals surface area contributed by atoms with Crippen LogP contribution >= 0.6 is 0 Å². The monoisotopic (exact) mass is 146 g/mol. The van der Waals surface area contributed by atoms with Gasteiger partial charge in [-0.05, 0) is 0 Å². The minimum absolute atomic E-state index is 0.394. The van der Waals surface area contributed by atoms with E-state index in [2.05, 4.69) is 11.3 Å². The van der Waals surface area contributed by atoms with E-state index in [1.807, 2.05) is 0 Å². The van der Waals surface area contributed by atoms with Crippen molar-refractivity contribution in [1.82, 2.24) is 0 Å². The van der Waals surface area contributed by atoms with E-state index < -0.39 is 15.3 Å². The van der Waals surface area contributed by atoms with Crippen LogP contribution in [0, 0.1) is 0 Å². The average molecular weight is 146 g/mol. The second-order valence-electron chi connectivity index (χ2n) is 0.811. The molecule has 50 valence electrons. The van der Waals surface area contributed by atoms with E-state index >= 15 is 0 Å². The molecule has 0 rings (SSSR count). The second kappa shape index (κ2) is 10.1. The molecule has 4 nitrogen and oxygen atoms in total. The van der Waals surface area contributed by atoms with Crippen molar-refractivity contribution >= 4 is 15.3 Å². The Morgan fingerprint density at radius 1 is 1.67 bits per heavy atom. The minimum Gasteiger partial charge on any atom is -0.466 e. The zero-order valence-corrected chi connectivity index (χ0v) is 5.92. The molecule has 0 N–H and O–H groups in total. The van der Waals surface area contributed by atoms with Crippen LogP contribution in [0.3, 0.4) is 0 Å². The lowest BCUT2D eigenvalue weighted by atomic mass is 10.7. The minimum atomic E-state index is -1.42. The maximum atomic E-state index is 9.84. The van der Waals surface area contributed by atoms with Crippen molar-refractivity contribution in [2.24, 2.45) is 0 Å². The molecular formula is C4H6O4Si. The van der Waals surface area contributed by atoms with E-state index in [1.54, 1.807) is 0 Å². The van der Waals surface area contributed by atoms with Crippen LogP contribution in [0.2, 0.25) is 0 Å². The summed E-state index contributed by atoms with van der Waals surface area (Å²) in [6, 6.07) is 0. The van der Waals surface area contributed by atoms with Crippen molar-refractivity contribution in [3.8, 4) is 0 Å². The molecule has 0 unspecified atom stereocenters. The van der Waals surface area contributed by atoms with Crippen molar-refractivity contribution in [1.29, 1.82) is 0 Å². The first-order valence-corrected chi connectivity index (χ1v) is 2.74. The first kappa shape index (κ1) is 10.9. The van der Waals surface area contributed by atoms with Crippen LogP contribution in [-0.4, -0.2) is 22.4 Å². The fraction of sp³-hybridized carbons (Fsp3) is 0.250. The predicted octanol–water partition coefficient (Wildman–Crippen LogP) is -0.273. The topological polar surface area (TPSA) is 60.4 Å². The van der Waals surface area contributed by atoms with Gasteiger partial charge in [0.15, 0.2) is 0 Å². The highest BCUT2D eigenvalue weighted by atomic mass is 28.2. The molecule has 0 bridgehead atoms. The number of carbonyl (C=O) groups excluding carboxylic acids is 1. The molecule has 0 aliphatic rings. The summed E-state index contributed by atoms with van der Waals surface area (Å²) in [5.41, 5.74) is 0. The van der Waals surface area contributed by atoms with Gasteiger partial charge in [0, 0.05) is 6.08 Å². The van der Waals surface area contributed by atoms with E-state index in [4.69, 9.17) is 8.92 Å². The third kappa shape index (κ3) is 19.4. The molecular weight excluding hydrogens is 140 g/mol. The Morgan fingerprint density at radius 2 is 2.00 bits per heavy atom. The molecule has 5 heteroatoms. The summed E-state index contributed by atoms with van der Waals surface area (Å²) in [5.74, 6) is -0.394. The lowest BCUT2D eigenvalue weighted by molar-refractivity contribution is -0.134. The fourth-order valence-electron chi connectivity index (χ4n) is 0.0833. The van der Waals surface area contributed by atoms with Crippen molar-refractivity contribution < 1.29 is 18.5 Å². The van der Waals surface area contributed by atoms with Crippen molar-refractivity contribution in [2.45, 2.75) is 0 Å². The van der Waals surface area contributed by atoms with Crippen LogP contribution < -0.4 is 0 Å². The van der Waals surface area contributed by atoms with Gasteiger partial charge in [0.1, 0.15) is 0 Å². The number of methoxy groups -OCH3 is 1. The van der Waals surface area contributed by atoms with Crippen molar-refractivity contribution in [2.75, 3.05) is 7.11 Å². The molecule has 0 aromatic heterocycles. The molecule has 0 fully saturated rings. The second-order valence-corrected chi connectivity index (χ2v) is 0.977. The fourth-order valence-corrected chi connectivity index (χ4v) is 0.0833. The highest BCUT2D eigenvalue weighted by molar-refractivity contribution is 5.94. The highest BCUT2D eigenvalue weighted by Gasteiger charge is 1.81. The molecule has 0 aromatic rings. The Hall–Kier alpha value is -0.973. The van der Waals surface area contributed by atoms with Gasteiger partial charge in [-0.1, -0.05) is 6.58 Å². The van der Waals surface area contributed by atoms with Gasteiger partial charge < -0.3 is 4.74 Å². The summed E-state index contributed by atoms with van der Waals surface area (Å²) >= 11 is 0. The highest BCUT2D eigenvalue weighted by Crippen LogP contribution is 1.67. The predicted molar refractivity (Wildman–Crippen MR) is 29.3 cm³/mol. The maximum absolute atomic E-state index is 9.84. The van der Waals surface area contributed by atoms with Crippen molar-refractivity contribution in [3.63, 3.8) is 0 Å². The summed E-state index contributed by atoms with van der Waals surface area (Å²) in [6.45, 7) is 3.16. The van der Waals surface area contributed by atoms with Gasteiger partial charge in [-0.2, -0.15) is 0 Å². The zero-order chi connectivity index (χ0) is 7.70. The SMILES string of the molecule is C=CC(=O)OC.O=[Si]=O. The van der Waals surface area contributed by atoms with Crippen molar-refractivity contribution in [3.05, 3.63) is 12.7 Å². The molecule has 0 aliphatic carbocycles. The molecule has 0 spiro atoms. The quantitative estimate of drug-likeness (QED) is 0.290. The van der Waals surface area contributed by atoms with E-state index in [1.165, 1.54) is 7.11 Å². The van der Waals surface area contributed by atoms with Gasteiger partial charge in [0.05, 0.1) is 7.11 Å². The molecule has 0 saturated heterocycles. The Morgan fingerprint density at radius 3 is 2.00 bits per heavy atom. The van der Waals surface area contributed by atoms with E-state index in [0.717, 1.165) is 6.08 Å². The third-order valence-electron chi connectivity index (χ3n) is 0.368. The number of ether oxygens (including phenoxy) is 1.